The normalized spacial score (nSPS) is 15.0. The molecular weight excluding hydrogens is 216 g/mol. The van der Waals surface area contributed by atoms with E-state index >= 15 is 0 Å². The van der Waals surface area contributed by atoms with Crippen molar-refractivity contribution in [3.8, 4) is 0 Å². The molecule has 0 atom stereocenters. The molecule has 1 aliphatic heterocycles. The standard InChI is InChI=1S/C13H24N2O2/c1-2-3-4-7-12(16)14-9-8-13(17)15-10-5-6-11-15/h2-11H2,1H3,(H,14,16). The molecule has 0 saturated carbocycles. The van der Waals surface area contributed by atoms with Crippen molar-refractivity contribution >= 4 is 11.8 Å². The molecule has 98 valence electrons. The van der Waals surface area contributed by atoms with Crippen LogP contribution in [0.15, 0.2) is 0 Å². The fourth-order valence-corrected chi connectivity index (χ4v) is 2.06. The van der Waals surface area contributed by atoms with Crippen LogP contribution in [0.1, 0.15) is 51.9 Å². The van der Waals surface area contributed by atoms with Gasteiger partial charge in [0.25, 0.3) is 0 Å². The molecule has 0 aromatic heterocycles. The van der Waals surface area contributed by atoms with Gasteiger partial charge < -0.3 is 10.2 Å². The van der Waals surface area contributed by atoms with E-state index in [9.17, 15) is 9.59 Å². The average Bonchev–Trinajstić information content (AvgIpc) is 2.82. The monoisotopic (exact) mass is 240 g/mol. The van der Waals surface area contributed by atoms with Crippen molar-refractivity contribution in [1.82, 2.24) is 10.2 Å². The lowest BCUT2D eigenvalue weighted by molar-refractivity contribution is -0.130. The Morgan fingerprint density at radius 3 is 2.47 bits per heavy atom. The number of likely N-dealkylation sites (tertiary alicyclic amines) is 1. The van der Waals surface area contributed by atoms with Crippen LogP contribution in [0.25, 0.3) is 0 Å². The zero-order valence-electron chi connectivity index (χ0n) is 10.8. The third-order valence-corrected chi connectivity index (χ3v) is 3.13. The Morgan fingerprint density at radius 2 is 1.82 bits per heavy atom. The fourth-order valence-electron chi connectivity index (χ4n) is 2.06. The summed E-state index contributed by atoms with van der Waals surface area (Å²) in [5, 5.41) is 2.81. The van der Waals surface area contributed by atoms with Crippen molar-refractivity contribution in [3.05, 3.63) is 0 Å². The lowest BCUT2D eigenvalue weighted by atomic mass is 10.2. The Kier molecular flexibility index (Phi) is 6.67. The molecule has 0 unspecified atom stereocenters. The Hall–Kier alpha value is -1.06. The zero-order valence-corrected chi connectivity index (χ0v) is 10.8. The minimum atomic E-state index is 0.0765. The number of unbranched alkanes of at least 4 members (excludes halogenated alkanes) is 2. The smallest absolute Gasteiger partial charge is 0.224 e. The number of amides is 2. The van der Waals surface area contributed by atoms with E-state index < -0.39 is 0 Å². The van der Waals surface area contributed by atoms with E-state index in [1.54, 1.807) is 0 Å². The molecule has 1 fully saturated rings. The molecule has 1 N–H and O–H groups in total. The van der Waals surface area contributed by atoms with Crippen LogP contribution in [0.3, 0.4) is 0 Å². The fraction of sp³-hybridized carbons (Fsp3) is 0.846. The Labute approximate surface area is 104 Å². The van der Waals surface area contributed by atoms with Gasteiger partial charge in [-0.3, -0.25) is 9.59 Å². The second-order valence-corrected chi connectivity index (χ2v) is 4.64. The first-order chi connectivity index (χ1) is 8.24. The molecule has 0 bridgehead atoms. The van der Waals surface area contributed by atoms with Crippen molar-refractivity contribution in [2.24, 2.45) is 0 Å². The van der Waals surface area contributed by atoms with Gasteiger partial charge in [0.2, 0.25) is 11.8 Å². The van der Waals surface area contributed by atoms with E-state index in [1.807, 2.05) is 4.90 Å². The SMILES string of the molecule is CCCCCC(=O)NCCC(=O)N1CCCC1. The van der Waals surface area contributed by atoms with Crippen molar-refractivity contribution in [1.29, 1.82) is 0 Å². The highest BCUT2D eigenvalue weighted by Crippen LogP contribution is 2.08. The maximum atomic E-state index is 11.7. The van der Waals surface area contributed by atoms with E-state index in [2.05, 4.69) is 12.2 Å². The first kappa shape index (κ1) is 14.0. The molecule has 0 spiro atoms. The predicted molar refractivity (Wildman–Crippen MR) is 67.6 cm³/mol. The van der Waals surface area contributed by atoms with Crippen LogP contribution in [-0.2, 0) is 9.59 Å². The Morgan fingerprint density at radius 1 is 1.12 bits per heavy atom. The molecule has 4 heteroatoms. The minimum absolute atomic E-state index is 0.0765. The number of carbonyl (C=O) groups is 2. The Balaban J connectivity index is 2.02. The van der Waals surface area contributed by atoms with Gasteiger partial charge in [-0.1, -0.05) is 19.8 Å². The minimum Gasteiger partial charge on any atom is -0.356 e. The molecule has 0 aromatic rings. The van der Waals surface area contributed by atoms with Gasteiger partial charge >= 0.3 is 0 Å². The first-order valence-electron chi connectivity index (χ1n) is 6.78. The summed E-state index contributed by atoms with van der Waals surface area (Å²) in [5.41, 5.74) is 0. The number of carbonyl (C=O) groups excluding carboxylic acids is 2. The van der Waals surface area contributed by atoms with Gasteiger partial charge in [-0.05, 0) is 19.3 Å². The molecule has 4 nitrogen and oxygen atoms in total. The quantitative estimate of drug-likeness (QED) is 0.688. The lowest BCUT2D eigenvalue weighted by Crippen LogP contribution is -2.32. The van der Waals surface area contributed by atoms with Crippen molar-refractivity contribution in [3.63, 3.8) is 0 Å². The molecule has 0 aliphatic carbocycles. The van der Waals surface area contributed by atoms with Gasteiger partial charge in [0, 0.05) is 32.5 Å². The van der Waals surface area contributed by atoms with E-state index in [1.165, 1.54) is 0 Å². The van der Waals surface area contributed by atoms with Gasteiger partial charge in [0.05, 0.1) is 0 Å². The second-order valence-electron chi connectivity index (χ2n) is 4.64. The number of nitrogens with zero attached hydrogens (tertiary/aromatic N) is 1. The van der Waals surface area contributed by atoms with Gasteiger partial charge in [-0.2, -0.15) is 0 Å². The highest BCUT2D eigenvalue weighted by molar-refractivity contribution is 5.79. The summed E-state index contributed by atoms with van der Waals surface area (Å²) in [6.45, 7) is 4.39. The maximum Gasteiger partial charge on any atom is 0.224 e. The highest BCUT2D eigenvalue weighted by Gasteiger charge is 2.17. The van der Waals surface area contributed by atoms with E-state index in [0.29, 0.717) is 19.4 Å². The summed E-state index contributed by atoms with van der Waals surface area (Å²) in [7, 11) is 0. The maximum absolute atomic E-state index is 11.7. The summed E-state index contributed by atoms with van der Waals surface area (Å²) < 4.78 is 0. The summed E-state index contributed by atoms with van der Waals surface area (Å²) >= 11 is 0. The van der Waals surface area contributed by atoms with Crippen molar-refractivity contribution in [2.45, 2.75) is 51.9 Å². The van der Waals surface area contributed by atoms with Crippen molar-refractivity contribution in [2.75, 3.05) is 19.6 Å². The van der Waals surface area contributed by atoms with Crippen molar-refractivity contribution < 1.29 is 9.59 Å². The van der Waals surface area contributed by atoms with E-state index in [4.69, 9.17) is 0 Å². The highest BCUT2D eigenvalue weighted by atomic mass is 16.2. The third-order valence-electron chi connectivity index (χ3n) is 3.13. The molecule has 0 aromatic carbocycles. The molecule has 1 saturated heterocycles. The summed E-state index contributed by atoms with van der Waals surface area (Å²) in [4.78, 5) is 24.9. The van der Waals surface area contributed by atoms with Gasteiger partial charge in [0.1, 0.15) is 0 Å². The molecule has 0 radical (unpaired) electrons. The predicted octanol–water partition coefficient (Wildman–Crippen LogP) is 1.70. The van der Waals surface area contributed by atoms with Crippen LogP contribution in [0.2, 0.25) is 0 Å². The summed E-state index contributed by atoms with van der Waals surface area (Å²) in [6, 6.07) is 0. The van der Waals surface area contributed by atoms with Crippen LogP contribution in [0.4, 0.5) is 0 Å². The summed E-state index contributed by atoms with van der Waals surface area (Å²) in [6.07, 6.45) is 6.44. The number of hydrogen-bond acceptors (Lipinski definition) is 2. The van der Waals surface area contributed by atoms with Gasteiger partial charge in [-0.25, -0.2) is 0 Å². The molecule has 17 heavy (non-hydrogen) atoms. The van der Waals surface area contributed by atoms with Crippen LogP contribution in [0, 0.1) is 0 Å². The molecule has 2 amide bonds. The molecule has 1 heterocycles. The van der Waals surface area contributed by atoms with E-state index in [0.717, 1.165) is 45.2 Å². The van der Waals surface area contributed by atoms with E-state index in [-0.39, 0.29) is 11.8 Å². The van der Waals surface area contributed by atoms with Crippen LogP contribution in [0.5, 0.6) is 0 Å². The lowest BCUT2D eigenvalue weighted by Gasteiger charge is -2.15. The largest absolute Gasteiger partial charge is 0.356 e. The van der Waals surface area contributed by atoms with Crippen LogP contribution < -0.4 is 5.32 Å². The van der Waals surface area contributed by atoms with Crippen LogP contribution >= 0.6 is 0 Å². The molecule has 1 rings (SSSR count). The molecular formula is C13H24N2O2. The first-order valence-corrected chi connectivity index (χ1v) is 6.78. The summed E-state index contributed by atoms with van der Waals surface area (Å²) in [5.74, 6) is 0.254. The topological polar surface area (TPSA) is 49.4 Å². The third kappa shape index (κ3) is 5.71. The number of hydrogen-bond donors (Lipinski definition) is 1. The number of nitrogens with one attached hydrogen (secondary N) is 1. The molecule has 1 aliphatic rings. The van der Waals surface area contributed by atoms with Gasteiger partial charge in [-0.15, -0.1) is 0 Å². The second kappa shape index (κ2) is 8.09. The Bertz CT molecular complexity index is 248. The van der Waals surface area contributed by atoms with Crippen LogP contribution in [-0.4, -0.2) is 36.3 Å². The number of rotatable bonds is 7. The zero-order chi connectivity index (χ0) is 12.5. The average molecular weight is 240 g/mol. The van der Waals surface area contributed by atoms with Gasteiger partial charge in [0.15, 0.2) is 0 Å².